The van der Waals surface area contributed by atoms with Gasteiger partial charge in [-0.2, -0.15) is 0 Å². The van der Waals surface area contributed by atoms with Gasteiger partial charge in [0.15, 0.2) is 0 Å². The lowest BCUT2D eigenvalue weighted by atomic mass is 9.46. The van der Waals surface area contributed by atoms with Gasteiger partial charge in [0.25, 0.3) is 0 Å². The lowest BCUT2D eigenvalue weighted by molar-refractivity contribution is -0.141. The monoisotopic (exact) mass is 404 g/mol. The van der Waals surface area contributed by atoms with Crippen molar-refractivity contribution in [3.63, 3.8) is 0 Å². The first-order valence-corrected chi connectivity index (χ1v) is 11.9. The van der Waals surface area contributed by atoms with Gasteiger partial charge < -0.3 is 14.9 Å². The van der Waals surface area contributed by atoms with Gasteiger partial charge in [0.2, 0.25) is 0 Å². The Morgan fingerprint density at radius 3 is 2.66 bits per heavy atom. The van der Waals surface area contributed by atoms with Crippen molar-refractivity contribution in [2.75, 3.05) is 7.11 Å². The number of hydrogen-bond acceptors (Lipinski definition) is 4. The molecule has 0 aliphatic heterocycles. The standard InChI is InChI=1S/C25H40O4/c1-15(5-10-22(27)29-4)17-8-9-18-16-6-7-20-23(28)21(26)12-14-25(20,3)19(16)11-13-24(17,18)2/h7,15-19,21,23,26,28H,5-6,8-14H2,1-4H3/t15-,16+,17-,18+,19+,21+,23-,24-,25-/m1/s1. The highest BCUT2D eigenvalue weighted by Crippen LogP contribution is 2.67. The molecule has 3 saturated carbocycles. The maximum Gasteiger partial charge on any atom is 0.305 e. The van der Waals surface area contributed by atoms with E-state index in [2.05, 4.69) is 26.8 Å². The molecule has 0 spiro atoms. The number of aliphatic hydroxyl groups is 2. The first-order chi connectivity index (χ1) is 13.7. The Morgan fingerprint density at radius 1 is 1.17 bits per heavy atom. The van der Waals surface area contributed by atoms with Crippen molar-refractivity contribution in [2.24, 2.45) is 40.4 Å². The smallest absolute Gasteiger partial charge is 0.305 e. The highest BCUT2D eigenvalue weighted by molar-refractivity contribution is 5.69. The average molecular weight is 405 g/mol. The highest BCUT2D eigenvalue weighted by atomic mass is 16.5. The van der Waals surface area contributed by atoms with E-state index in [0.29, 0.717) is 41.9 Å². The van der Waals surface area contributed by atoms with Gasteiger partial charge in [0.05, 0.1) is 13.2 Å². The van der Waals surface area contributed by atoms with Gasteiger partial charge in [-0.15, -0.1) is 0 Å². The zero-order chi connectivity index (χ0) is 21.0. The van der Waals surface area contributed by atoms with Crippen LogP contribution in [0.5, 0.6) is 0 Å². The predicted molar refractivity (Wildman–Crippen MR) is 113 cm³/mol. The normalized spacial score (nSPS) is 47.4. The van der Waals surface area contributed by atoms with E-state index in [1.54, 1.807) is 0 Å². The van der Waals surface area contributed by atoms with Crippen molar-refractivity contribution >= 4 is 5.97 Å². The van der Waals surface area contributed by atoms with Crippen LogP contribution in [0.4, 0.5) is 0 Å². The van der Waals surface area contributed by atoms with Crippen LogP contribution in [0.15, 0.2) is 11.6 Å². The first kappa shape index (κ1) is 21.4. The lowest BCUT2D eigenvalue weighted by Gasteiger charge is -2.59. The van der Waals surface area contributed by atoms with Crippen molar-refractivity contribution in [3.8, 4) is 0 Å². The van der Waals surface area contributed by atoms with Crippen LogP contribution in [-0.2, 0) is 9.53 Å². The van der Waals surface area contributed by atoms with Crippen molar-refractivity contribution < 1.29 is 19.7 Å². The summed E-state index contributed by atoms with van der Waals surface area (Å²) >= 11 is 0. The quantitative estimate of drug-likeness (QED) is 0.535. The number of esters is 1. The van der Waals surface area contributed by atoms with Crippen LogP contribution in [0.1, 0.15) is 78.6 Å². The van der Waals surface area contributed by atoms with Crippen LogP contribution in [0.2, 0.25) is 0 Å². The predicted octanol–water partition coefficient (Wildman–Crippen LogP) is 4.49. The summed E-state index contributed by atoms with van der Waals surface area (Å²) in [6.07, 6.45) is 10.3. The topological polar surface area (TPSA) is 66.8 Å². The molecule has 3 fully saturated rings. The molecule has 0 aromatic rings. The first-order valence-electron chi connectivity index (χ1n) is 11.9. The fourth-order valence-corrected chi connectivity index (χ4v) is 8.34. The molecule has 4 nitrogen and oxygen atoms in total. The number of allylic oxidation sites excluding steroid dienone is 1. The molecular weight excluding hydrogens is 364 g/mol. The number of carbonyl (C=O) groups is 1. The zero-order valence-corrected chi connectivity index (χ0v) is 18.7. The number of hydrogen-bond donors (Lipinski definition) is 2. The molecule has 2 N–H and O–H groups in total. The van der Waals surface area contributed by atoms with Gasteiger partial charge in [0.1, 0.15) is 6.10 Å². The van der Waals surface area contributed by atoms with E-state index in [1.807, 2.05) is 0 Å². The molecule has 0 saturated heterocycles. The average Bonchev–Trinajstić information content (AvgIpc) is 3.06. The fraction of sp³-hybridized carbons (Fsp3) is 0.880. The molecule has 0 aromatic heterocycles. The van der Waals surface area contributed by atoms with Gasteiger partial charge in [0, 0.05) is 6.42 Å². The van der Waals surface area contributed by atoms with E-state index in [4.69, 9.17) is 4.74 Å². The molecule has 4 aliphatic carbocycles. The lowest BCUT2D eigenvalue weighted by Crippen LogP contribution is -2.53. The molecule has 0 bridgehead atoms. The maximum atomic E-state index is 11.6. The van der Waals surface area contributed by atoms with E-state index in [9.17, 15) is 15.0 Å². The molecule has 29 heavy (non-hydrogen) atoms. The Hall–Kier alpha value is -0.870. The van der Waals surface area contributed by atoms with Crippen molar-refractivity contribution in [1.82, 2.24) is 0 Å². The molecule has 0 heterocycles. The number of methoxy groups -OCH3 is 1. The summed E-state index contributed by atoms with van der Waals surface area (Å²) in [6.45, 7) is 7.23. The van der Waals surface area contributed by atoms with Gasteiger partial charge in [-0.1, -0.05) is 26.8 Å². The van der Waals surface area contributed by atoms with Crippen molar-refractivity contribution in [3.05, 3.63) is 11.6 Å². The second-order valence-corrected chi connectivity index (χ2v) is 11.1. The molecule has 0 radical (unpaired) electrons. The molecule has 0 unspecified atom stereocenters. The second kappa shape index (κ2) is 7.67. The molecule has 4 rings (SSSR count). The Labute approximate surface area is 176 Å². The summed E-state index contributed by atoms with van der Waals surface area (Å²) in [5.74, 6) is 3.23. The molecule has 164 valence electrons. The van der Waals surface area contributed by atoms with Crippen molar-refractivity contribution in [2.45, 2.75) is 90.8 Å². The highest BCUT2D eigenvalue weighted by Gasteiger charge is 2.60. The maximum absolute atomic E-state index is 11.6. The molecule has 0 aromatic carbocycles. The number of aliphatic hydroxyl groups excluding tert-OH is 2. The third-order valence-corrected chi connectivity index (χ3v) is 9.96. The van der Waals surface area contributed by atoms with Gasteiger partial charge in [-0.25, -0.2) is 0 Å². The third kappa shape index (κ3) is 3.29. The number of carbonyl (C=O) groups excluding carboxylic acids is 1. The molecule has 0 amide bonds. The van der Waals surface area contributed by atoms with Crippen LogP contribution in [0.25, 0.3) is 0 Å². The minimum atomic E-state index is -0.669. The van der Waals surface area contributed by atoms with E-state index in [1.165, 1.54) is 32.8 Å². The van der Waals surface area contributed by atoms with E-state index in [0.717, 1.165) is 30.8 Å². The molecule has 4 aliphatic rings. The van der Waals surface area contributed by atoms with Crippen LogP contribution in [0.3, 0.4) is 0 Å². The summed E-state index contributed by atoms with van der Waals surface area (Å²) < 4.78 is 4.86. The Bertz CT molecular complexity index is 672. The van der Waals surface area contributed by atoms with Gasteiger partial charge in [-0.05, 0) is 97.4 Å². The van der Waals surface area contributed by atoms with Crippen LogP contribution >= 0.6 is 0 Å². The van der Waals surface area contributed by atoms with Crippen LogP contribution < -0.4 is 0 Å². The van der Waals surface area contributed by atoms with Crippen LogP contribution in [0, 0.1) is 40.4 Å². The van der Waals surface area contributed by atoms with Crippen LogP contribution in [-0.4, -0.2) is 35.5 Å². The fourth-order valence-electron chi connectivity index (χ4n) is 8.34. The zero-order valence-electron chi connectivity index (χ0n) is 18.7. The minimum absolute atomic E-state index is 0.0531. The summed E-state index contributed by atoms with van der Waals surface area (Å²) in [7, 11) is 1.48. The minimum Gasteiger partial charge on any atom is -0.469 e. The van der Waals surface area contributed by atoms with Gasteiger partial charge in [-0.3, -0.25) is 4.79 Å². The number of fused-ring (bicyclic) bond motifs is 5. The van der Waals surface area contributed by atoms with Crippen molar-refractivity contribution in [1.29, 1.82) is 0 Å². The summed E-state index contributed by atoms with van der Waals surface area (Å²) in [6, 6.07) is 0. The SMILES string of the molecule is COC(=O)CC[C@@H](C)[C@H]1CC[C@H]2[C@@H]3CC=C4[C@@H](O)[C@@H](O)CC[C@]4(C)[C@H]3CC[C@]12C. The molecule has 4 heteroatoms. The van der Waals surface area contributed by atoms with E-state index < -0.39 is 12.2 Å². The summed E-state index contributed by atoms with van der Waals surface area (Å²) in [5.41, 5.74) is 1.55. The van der Waals surface area contributed by atoms with E-state index >= 15 is 0 Å². The summed E-state index contributed by atoms with van der Waals surface area (Å²) in [4.78, 5) is 11.6. The Balaban J connectivity index is 1.53. The second-order valence-electron chi connectivity index (χ2n) is 11.1. The third-order valence-electron chi connectivity index (χ3n) is 9.96. The van der Waals surface area contributed by atoms with Gasteiger partial charge >= 0.3 is 5.97 Å². The Kier molecular flexibility index (Phi) is 5.65. The molecule has 9 atom stereocenters. The Morgan fingerprint density at radius 2 is 1.93 bits per heavy atom. The summed E-state index contributed by atoms with van der Waals surface area (Å²) in [5, 5.41) is 20.8. The van der Waals surface area contributed by atoms with E-state index in [-0.39, 0.29) is 11.4 Å². The number of rotatable bonds is 4. The number of ether oxygens (including phenoxy) is 1. The largest absolute Gasteiger partial charge is 0.469 e. The molecular formula is C25H40O4.